The van der Waals surface area contributed by atoms with Crippen LogP contribution < -0.4 is 0 Å². The zero-order valence-corrected chi connectivity index (χ0v) is 3.06. The summed E-state index contributed by atoms with van der Waals surface area (Å²) in [6.45, 7) is -0.129. The first-order chi connectivity index (χ1) is 3.52. The Bertz CT molecular complexity index is 97.9. The highest BCUT2D eigenvalue weighted by atomic mass is 16.6. The van der Waals surface area contributed by atoms with Crippen molar-refractivity contribution in [3.05, 3.63) is 0 Å². The summed E-state index contributed by atoms with van der Waals surface area (Å²) in [6, 6.07) is 0. The van der Waals surface area contributed by atoms with Gasteiger partial charge in [0.15, 0.2) is 0 Å². The molecule has 1 aliphatic rings. The fraction of sp³-hybridized carbons (Fsp3) is 1.00. The second-order valence-corrected chi connectivity index (χ2v) is 1.26. The van der Waals surface area contributed by atoms with E-state index in [1.807, 2.05) is 0 Å². The van der Waals surface area contributed by atoms with Gasteiger partial charge in [0.05, 0.1) is 12.2 Å². The van der Waals surface area contributed by atoms with Crippen LogP contribution in [0.5, 0.6) is 0 Å². The van der Waals surface area contributed by atoms with Crippen molar-refractivity contribution in [1.29, 1.82) is 0 Å². The van der Waals surface area contributed by atoms with Gasteiger partial charge in [0.1, 0.15) is 0 Å². The van der Waals surface area contributed by atoms with Crippen LogP contribution in [0, 0.1) is 0 Å². The molecule has 0 aromatic rings. The molecule has 0 radical (unpaired) electrons. The van der Waals surface area contributed by atoms with E-state index >= 15 is 0 Å². The second kappa shape index (κ2) is 0.716. The molecule has 1 saturated heterocycles. The van der Waals surface area contributed by atoms with Crippen LogP contribution in [-0.4, -0.2) is 12.2 Å². The summed E-state index contributed by atoms with van der Waals surface area (Å²) in [5.41, 5.74) is 0. The highest BCUT2D eigenvalue weighted by Crippen LogP contribution is 2.18. The summed E-state index contributed by atoms with van der Waals surface area (Å²) in [5, 5.41) is 0. The van der Waals surface area contributed by atoms with Crippen molar-refractivity contribution < 1.29 is 8.85 Å². The maximum atomic E-state index is 6.79. The van der Waals surface area contributed by atoms with E-state index in [-0.39, 0.29) is 6.10 Å². The van der Waals surface area contributed by atoms with E-state index in [2.05, 4.69) is 0 Å². The summed E-state index contributed by atoms with van der Waals surface area (Å²) < 4.78 is 25.1. The van der Waals surface area contributed by atoms with Gasteiger partial charge in [-0.25, -0.2) is 0 Å². The first-order valence-corrected chi connectivity index (χ1v) is 1.67. The molecule has 0 aromatic carbocycles. The van der Waals surface area contributed by atoms with Crippen molar-refractivity contribution in [2.75, 3.05) is 0 Å². The number of hydrogen-bond acceptors (Lipinski definition) is 1. The minimum atomic E-state index is -1.89. The minimum Gasteiger partial charge on any atom is -0.370 e. The largest absolute Gasteiger partial charge is 0.370 e. The fourth-order valence-corrected chi connectivity index (χ4v) is 0.186. The van der Waals surface area contributed by atoms with Crippen molar-refractivity contribution in [2.45, 2.75) is 26.0 Å². The van der Waals surface area contributed by atoms with Crippen LogP contribution in [0.4, 0.5) is 0 Å². The summed E-state index contributed by atoms with van der Waals surface area (Å²) in [7, 11) is 0. The van der Waals surface area contributed by atoms with Crippen molar-refractivity contribution in [2.24, 2.45) is 0 Å². The molecule has 30 valence electrons. The number of hydrogen-bond donors (Lipinski definition) is 0. The standard InChI is InChI=1S/C4H8O/c1-3-4(2)5-3/h3-4H,1-2H3/i1D3. The molecule has 1 heterocycles. The van der Waals surface area contributed by atoms with Crippen molar-refractivity contribution >= 4 is 0 Å². The molecule has 1 fully saturated rings. The Labute approximate surface area is 36.2 Å². The number of epoxide rings is 1. The normalized spacial score (nSPS) is 60.6. The molecule has 0 aliphatic carbocycles. The zero-order chi connectivity index (χ0) is 6.36. The van der Waals surface area contributed by atoms with Gasteiger partial charge in [0.25, 0.3) is 0 Å². The minimum absolute atomic E-state index is 0.0532. The molecule has 0 saturated carbocycles. The molecule has 0 N–H and O–H groups in total. The van der Waals surface area contributed by atoms with Gasteiger partial charge in [-0.05, 0) is 13.8 Å². The van der Waals surface area contributed by atoms with Gasteiger partial charge in [0.2, 0.25) is 0 Å². The van der Waals surface area contributed by atoms with E-state index < -0.39 is 13.0 Å². The third-order valence-electron chi connectivity index (χ3n) is 0.711. The summed E-state index contributed by atoms with van der Waals surface area (Å²) in [4.78, 5) is 0. The lowest BCUT2D eigenvalue weighted by Crippen LogP contribution is -1.74. The van der Waals surface area contributed by atoms with E-state index in [9.17, 15) is 0 Å². The lowest BCUT2D eigenvalue weighted by atomic mass is 10.4. The van der Waals surface area contributed by atoms with E-state index in [4.69, 9.17) is 8.85 Å². The molecule has 2 atom stereocenters. The maximum Gasteiger partial charge on any atom is 0.0811 e. The van der Waals surface area contributed by atoms with Crippen LogP contribution in [0.3, 0.4) is 0 Å². The molecule has 0 aromatic heterocycles. The molecule has 0 amide bonds. The summed E-state index contributed by atoms with van der Waals surface area (Å²) >= 11 is 0. The molecule has 1 aliphatic heterocycles. The monoisotopic (exact) mass is 75.1 g/mol. The van der Waals surface area contributed by atoms with Gasteiger partial charge in [-0.3, -0.25) is 0 Å². The van der Waals surface area contributed by atoms with Gasteiger partial charge in [-0.2, -0.15) is 0 Å². The highest BCUT2D eigenvalue weighted by molar-refractivity contribution is 4.73. The Morgan fingerprint density at radius 3 is 2.40 bits per heavy atom. The SMILES string of the molecule is [2H]C([2H])([2H])C1OC1C. The van der Waals surface area contributed by atoms with Gasteiger partial charge in [-0.15, -0.1) is 0 Å². The highest BCUT2D eigenvalue weighted by Gasteiger charge is 2.27. The molecule has 1 rings (SSSR count). The van der Waals surface area contributed by atoms with Gasteiger partial charge in [0, 0.05) is 4.11 Å². The van der Waals surface area contributed by atoms with E-state index in [1.165, 1.54) is 0 Å². The maximum absolute atomic E-state index is 6.79. The molecular formula is C4H8O. The third kappa shape index (κ3) is 0.428. The van der Waals surface area contributed by atoms with Crippen LogP contribution in [0.15, 0.2) is 0 Å². The Morgan fingerprint density at radius 1 is 1.80 bits per heavy atom. The van der Waals surface area contributed by atoms with Gasteiger partial charge >= 0.3 is 0 Å². The van der Waals surface area contributed by atoms with Crippen LogP contribution in [0.25, 0.3) is 0 Å². The predicted molar refractivity (Wildman–Crippen MR) is 20.0 cm³/mol. The van der Waals surface area contributed by atoms with Crippen LogP contribution in [0.2, 0.25) is 0 Å². The average Bonchev–Trinajstić information content (AvgIpc) is 2.13. The smallest absolute Gasteiger partial charge is 0.0811 e. The van der Waals surface area contributed by atoms with Crippen LogP contribution in [-0.2, 0) is 4.74 Å². The Hall–Kier alpha value is -0.0400. The first kappa shape index (κ1) is 1.23. The fourth-order valence-electron chi connectivity index (χ4n) is 0.186. The first-order valence-electron chi connectivity index (χ1n) is 3.17. The third-order valence-corrected chi connectivity index (χ3v) is 0.711. The number of rotatable bonds is 0. The molecule has 1 heteroatoms. The lowest BCUT2D eigenvalue weighted by Gasteiger charge is -1.57. The van der Waals surface area contributed by atoms with Gasteiger partial charge < -0.3 is 4.74 Å². The molecule has 2 unspecified atom stereocenters. The van der Waals surface area contributed by atoms with Crippen LogP contribution >= 0.6 is 0 Å². The second-order valence-electron chi connectivity index (χ2n) is 1.26. The van der Waals surface area contributed by atoms with E-state index in [0.717, 1.165) is 0 Å². The predicted octanol–water partition coefficient (Wildman–Crippen LogP) is 0.794. The molecule has 0 bridgehead atoms. The Morgan fingerprint density at radius 2 is 2.40 bits per heavy atom. The summed E-state index contributed by atoms with van der Waals surface area (Å²) in [5.74, 6) is 0. The molecule has 1 nitrogen and oxygen atoms in total. The zero-order valence-electron chi connectivity index (χ0n) is 6.06. The molecule has 5 heavy (non-hydrogen) atoms. The van der Waals surface area contributed by atoms with E-state index in [1.54, 1.807) is 6.92 Å². The van der Waals surface area contributed by atoms with Gasteiger partial charge in [-0.1, -0.05) is 0 Å². The topological polar surface area (TPSA) is 12.5 Å². The Kier molecular flexibility index (Phi) is 0.176. The van der Waals surface area contributed by atoms with Crippen molar-refractivity contribution in [1.82, 2.24) is 0 Å². The number of ether oxygens (including phenoxy) is 1. The van der Waals surface area contributed by atoms with Crippen molar-refractivity contribution in [3.8, 4) is 0 Å². The van der Waals surface area contributed by atoms with Crippen LogP contribution in [0.1, 0.15) is 17.9 Å². The quantitative estimate of drug-likeness (QED) is 0.388. The Balaban J connectivity index is 2.39. The lowest BCUT2D eigenvalue weighted by molar-refractivity contribution is 0.389. The molecular weight excluding hydrogens is 64.0 g/mol. The summed E-state index contributed by atoms with van der Waals surface area (Å²) in [6.07, 6.45) is -0.537. The average molecular weight is 75.1 g/mol. The molecule has 0 spiro atoms. The van der Waals surface area contributed by atoms with Crippen molar-refractivity contribution in [3.63, 3.8) is 0 Å². The van der Waals surface area contributed by atoms with E-state index in [0.29, 0.717) is 0 Å².